The number of nitrogens with zero attached hydrogens (tertiary/aromatic N) is 1. The molecule has 0 aliphatic rings. The van der Waals surface area contributed by atoms with Gasteiger partial charge < -0.3 is 25.0 Å². The predicted octanol–water partition coefficient (Wildman–Crippen LogP) is 7.14. The van der Waals surface area contributed by atoms with Crippen LogP contribution in [0.15, 0.2) is 48.5 Å². The molecular weight excluding hydrogens is 530 g/mol. The van der Waals surface area contributed by atoms with E-state index in [4.69, 9.17) is 9.47 Å². The predicted molar refractivity (Wildman–Crippen MR) is 169 cm³/mol. The maximum Gasteiger partial charge on any atom is 0.408 e. The Morgan fingerprint density at radius 2 is 1.48 bits per heavy atom. The first-order valence-electron chi connectivity index (χ1n) is 15.0. The lowest BCUT2D eigenvalue weighted by molar-refractivity contribution is -0.144. The van der Waals surface area contributed by atoms with Crippen molar-refractivity contribution in [1.82, 2.24) is 10.2 Å². The van der Waals surface area contributed by atoms with Crippen LogP contribution in [0, 0.1) is 11.8 Å². The fourth-order valence-electron chi connectivity index (χ4n) is 4.68. The Balaban J connectivity index is 2.61. The summed E-state index contributed by atoms with van der Waals surface area (Å²) < 4.78 is 10.8. The fourth-order valence-corrected chi connectivity index (χ4v) is 4.68. The number of aryl methyl sites for hydroxylation is 1. The molecule has 0 aliphatic heterocycles. The largest absolute Gasteiger partial charge is 0.497 e. The molecule has 2 aromatic rings. The molecule has 0 saturated carbocycles. The molecule has 42 heavy (non-hydrogen) atoms. The lowest BCUT2D eigenvalue weighted by atomic mass is 9.94. The van der Waals surface area contributed by atoms with Gasteiger partial charge in [-0.15, -0.1) is 0 Å². The normalized spacial score (nSPS) is 13.7. The van der Waals surface area contributed by atoms with Crippen LogP contribution in [0.3, 0.4) is 0 Å². The molecule has 8 heteroatoms. The second kappa shape index (κ2) is 15.6. The zero-order valence-corrected chi connectivity index (χ0v) is 27.1. The smallest absolute Gasteiger partial charge is 0.408 e. The van der Waals surface area contributed by atoms with Gasteiger partial charge >= 0.3 is 6.09 Å². The van der Waals surface area contributed by atoms with Gasteiger partial charge in [-0.2, -0.15) is 0 Å². The number of benzene rings is 2. The van der Waals surface area contributed by atoms with Crippen molar-refractivity contribution >= 4 is 23.6 Å². The van der Waals surface area contributed by atoms with E-state index >= 15 is 0 Å². The van der Waals surface area contributed by atoms with E-state index in [1.807, 2.05) is 45.0 Å². The number of nitrogens with one attached hydrogen (secondary N) is 2. The molecule has 2 N–H and O–H groups in total. The maximum absolute atomic E-state index is 14.5. The summed E-state index contributed by atoms with van der Waals surface area (Å²) in [6.45, 7) is 17.4. The SMILES string of the molecule is CCc1ccc(C(C(=O)Nc2ccc(OC)cc2)N(C(=O)C(NC(=O)OC(C)(C)C)C(C)C)C(C)CCC(C)C)cc1. The minimum absolute atomic E-state index is 0.252. The van der Waals surface area contributed by atoms with Crippen LogP contribution in [0.25, 0.3) is 0 Å². The van der Waals surface area contributed by atoms with E-state index in [1.165, 1.54) is 0 Å². The van der Waals surface area contributed by atoms with Gasteiger partial charge in [0.25, 0.3) is 5.91 Å². The number of rotatable bonds is 13. The highest BCUT2D eigenvalue weighted by Gasteiger charge is 2.40. The van der Waals surface area contributed by atoms with Gasteiger partial charge in [0.15, 0.2) is 0 Å². The van der Waals surface area contributed by atoms with E-state index in [9.17, 15) is 14.4 Å². The first-order chi connectivity index (χ1) is 19.7. The van der Waals surface area contributed by atoms with Gasteiger partial charge in [-0.25, -0.2) is 4.79 Å². The van der Waals surface area contributed by atoms with Gasteiger partial charge in [0.2, 0.25) is 5.91 Å². The Morgan fingerprint density at radius 3 is 1.95 bits per heavy atom. The zero-order valence-electron chi connectivity index (χ0n) is 27.1. The van der Waals surface area contributed by atoms with E-state index in [-0.39, 0.29) is 23.8 Å². The molecule has 3 atom stereocenters. The van der Waals surface area contributed by atoms with Crippen LogP contribution in [-0.4, -0.2) is 47.6 Å². The van der Waals surface area contributed by atoms with Gasteiger partial charge in [-0.1, -0.05) is 58.9 Å². The van der Waals surface area contributed by atoms with Crippen molar-refractivity contribution in [1.29, 1.82) is 0 Å². The van der Waals surface area contributed by atoms with Crippen molar-refractivity contribution in [3.8, 4) is 5.75 Å². The average molecular weight is 582 g/mol. The van der Waals surface area contributed by atoms with Gasteiger partial charge in [0.05, 0.1) is 7.11 Å². The summed E-state index contributed by atoms with van der Waals surface area (Å²) in [7, 11) is 1.59. The van der Waals surface area contributed by atoms with Crippen molar-refractivity contribution in [3.05, 3.63) is 59.7 Å². The summed E-state index contributed by atoms with van der Waals surface area (Å²) in [6.07, 6.45) is 1.75. The van der Waals surface area contributed by atoms with Gasteiger partial charge in [0, 0.05) is 11.7 Å². The third-order valence-corrected chi connectivity index (χ3v) is 7.08. The van der Waals surface area contributed by atoms with Crippen LogP contribution < -0.4 is 15.4 Å². The fraction of sp³-hybridized carbons (Fsp3) is 0.559. The highest BCUT2D eigenvalue weighted by atomic mass is 16.6. The Kier molecular flexibility index (Phi) is 12.9. The molecule has 0 aromatic heterocycles. The minimum atomic E-state index is -0.936. The van der Waals surface area contributed by atoms with Crippen molar-refractivity contribution in [3.63, 3.8) is 0 Å². The summed E-state index contributed by atoms with van der Waals surface area (Å²) >= 11 is 0. The summed E-state index contributed by atoms with van der Waals surface area (Å²) in [5.41, 5.74) is 1.69. The number of carbonyl (C=O) groups excluding carboxylic acids is 3. The molecule has 0 bridgehead atoms. The van der Waals surface area contributed by atoms with Crippen molar-refractivity contribution in [2.24, 2.45) is 11.8 Å². The molecular formula is C34H51N3O5. The topological polar surface area (TPSA) is 97.0 Å². The summed E-state index contributed by atoms with van der Waals surface area (Å²) in [6, 6.07) is 12.8. The first kappa shape index (κ1) is 34.7. The van der Waals surface area contributed by atoms with Crippen LogP contribution in [-0.2, 0) is 20.7 Å². The molecule has 3 unspecified atom stereocenters. The quantitative estimate of drug-likeness (QED) is 0.262. The highest BCUT2D eigenvalue weighted by molar-refractivity contribution is 5.99. The maximum atomic E-state index is 14.5. The molecule has 0 heterocycles. The number of amides is 3. The van der Waals surface area contributed by atoms with Crippen molar-refractivity contribution in [2.75, 3.05) is 12.4 Å². The van der Waals surface area contributed by atoms with E-state index in [1.54, 1.807) is 57.0 Å². The van der Waals surface area contributed by atoms with Gasteiger partial charge in [-0.3, -0.25) is 9.59 Å². The number of anilines is 1. The van der Waals surface area contributed by atoms with Crippen LogP contribution in [0.1, 0.15) is 92.3 Å². The molecule has 3 amide bonds. The first-order valence-corrected chi connectivity index (χ1v) is 15.0. The molecule has 2 aromatic carbocycles. The number of methoxy groups -OCH3 is 1. The summed E-state index contributed by atoms with van der Waals surface area (Å²) in [5, 5.41) is 5.82. The van der Waals surface area contributed by atoms with Crippen molar-refractivity contribution in [2.45, 2.75) is 105 Å². The van der Waals surface area contributed by atoms with Gasteiger partial charge in [-0.05, 0) is 94.2 Å². The summed E-state index contributed by atoms with van der Waals surface area (Å²) in [4.78, 5) is 43.2. The number of ether oxygens (including phenoxy) is 2. The molecule has 0 aliphatic carbocycles. The lowest BCUT2D eigenvalue weighted by Crippen LogP contribution is -2.56. The average Bonchev–Trinajstić information content (AvgIpc) is 2.92. The number of carbonyl (C=O) groups is 3. The third kappa shape index (κ3) is 10.4. The van der Waals surface area contributed by atoms with Crippen LogP contribution in [0.4, 0.5) is 10.5 Å². The van der Waals surface area contributed by atoms with E-state index in [2.05, 4.69) is 31.4 Å². The van der Waals surface area contributed by atoms with Crippen LogP contribution >= 0.6 is 0 Å². The molecule has 0 fully saturated rings. The number of hydrogen-bond donors (Lipinski definition) is 2. The van der Waals surface area contributed by atoms with Crippen LogP contribution in [0.5, 0.6) is 5.75 Å². The van der Waals surface area contributed by atoms with Crippen molar-refractivity contribution < 1.29 is 23.9 Å². The van der Waals surface area contributed by atoms with Crippen LogP contribution in [0.2, 0.25) is 0 Å². The molecule has 232 valence electrons. The molecule has 8 nitrogen and oxygen atoms in total. The Bertz CT molecular complexity index is 1150. The Hall–Kier alpha value is -3.55. The molecule has 0 radical (unpaired) electrons. The zero-order chi connectivity index (χ0) is 31.6. The highest BCUT2D eigenvalue weighted by Crippen LogP contribution is 2.30. The summed E-state index contributed by atoms with van der Waals surface area (Å²) in [5.74, 6) is 0.167. The Labute approximate surface area is 252 Å². The number of alkyl carbamates (subject to hydrolysis) is 1. The molecule has 0 spiro atoms. The Morgan fingerprint density at radius 1 is 0.881 bits per heavy atom. The standard InChI is InChI=1S/C34H51N3O5/c1-11-25-14-16-26(17-15-25)30(31(38)35-27-18-20-28(41-10)21-19-27)37(24(6)13-12-22(2)3)32(39)29(23(4)5)36-33(40)42-34(7,8)9/h14-24,29-30H,11-13H2,1-10H3,(H,35,38)(H,36,40). The van der Waals surface area contributed by atoms with E-state index in [0.29, 0.717) is 29.3 Å². The monoisotopic (exact) mass is 581 g/mol. The third-order valence-electron chi connectivity index (χ3n) is 7.08. The van der Waals surface area contributed by atoms with Gasteiger partial charge in [0.1, 0.15) is 23.4 Å². The number of hydrogen-bond acceptors (Lipinski definition) is 5. The molecule has 0 saturated heterocycles. The second-order valence-corrected chi connectivity index (χ2v) is 12.6. The lowest BCUT2D eigenvalue weighted by Gasteiger charge is -2.39. The van der Waals surface area contributed by atoms with E-state index < -0.39 is 23.8 Å². The van der Waals surface area contributed by atoms with E-state index in [0.717, 1.165) is 18.4 Å². The minimum Gasteiger partial charge on any atom is -0.497 e. The molecule has 2 rings (SSSR count). The second-order valence-electron chi connectivity index (χ2n) is 12.6.